The van der Waals surface area contributed by atoms with E-state index in [1.54, 1.807) is 24.3 Å². The lowest BCUT2D eigenvalue weighted by molar-refractivity contribution is -0.0161. The Morgan fingerprint density at radius 3 is 2.83 bits per heavy atom. The van der Waals surface area contributed by atoms with Crippen LogP contribution in [0.15, 0.2) is 24.3 Å². The van der Waals surface area contributed by atoms with E-state index in [-0.39, 0.29) is 24.1 Å². The summed E-state index contributed by atoms with van der Waals surface area (Å²) in [6.07, 6.45) is 1.09. The van der Waals surface area contributed by atoms with Crippen LogP contribution in [0.1, 0.15) is 16.8 Å². The molecule has 0 bridgehead atoms. The van der Waals surface area contributed by atoms with E-state index in [9.17, 15) is 4.79 Å². The van der Waals surface area contributed by atoms with Crippen LogP contribution in [0.4, 0.5) is 0 Å². The molecule has 96 valence electrons. The highest BCUT2D eigenvalue weighted by molar-refractivity contribution is 6.30. The van der Waals surface area contributed by atoms with E-state index in [0.717, 1.165) is 13.0 Å². The molecule has 0 spiro atoms. The number of hydrogen-bond donors (Lipinski definition) is 2. The Morgan fingerprint density at radius 2 is 2.11 bits per heavy atom. The van der Waals surface area contributed by atoms with Gasteiger partial charge < -0.3 is 15.8 Å². The molecule has 0 radical (unpaired) electrons. The molecule has 2 fully saturated rings. The van der Waals surface area contributed by atoms with Gasteiger partial charge in [-0.3, -0.25) is 4.79 Å². The molecule has 5 heteroatoms. The van der Waals surface area contributed by atoms with Gasteiger partial charge in [0.2, 0.25) is 0 Å². The van der Waals surface area contributed by atoms with Crippen LogP contribution in [0.3, 0.4) is 0 Å². The SMILES string of the molecule is NC1C2CCOC2C1NC(=O)c1ccc(Cl)cc1. The van der Waals surface area contributed by atoms with Crippen molar-refractivity contribution in [3.8, 4) is 0 Å². The molecule has 1 aliphatic carbocycles. The first-order chi connectivity index (χ1) is 8.66. The molecule has 4 unspecified atom stereocenters. The second kappa shape index (κ2) is 4.53. The Morgan fingerprint density at radius 1 is 1.39 bits per heavy atom. The highest BCUT2D eigenvalue weighted by atomic mass is 35.5. The first-order valence-electron chi connectivity index (χ1n) is 6.10. The van der Waals surface area contributed by atoms with E-state index in [0.29, 0.717) is 16.5 Å². The molecule has 4 nitrogen and oxygen atoms in total. The fourth-order valence-corrected chi connectivity index (χ4v) is 2.89. The molecule has 1 saturated heterocycles. The van der Waals surface area contributed by atoms with Crippen LogP contribution in [0.25, 0.3) is 0 Å². The largest absolute Gasteiger partial charge is 0.376 e. The average molecular weight is 267 g/mol. The minimum Gasteiger partial charge on any atom is -0.376 e. The monoisotopic (exact) mass is 266 g/mol. The van der Waals surface area contributed by atoms with Gasteiger partial charge in [-0.15, -0.1) is 0 Å². The third kappa shape index (κ3) is 1.90. The Labute approximate surface area is 110 Å². The highest BCUT2D eigenvalue weighted by Gasteiger charge is 2.52. The number of nitrogens with two attached hydrogens (primary N) is 1. The van der Waals surface area contributed by atoms with Crippen molar-refractivity contribution in [3.63, 3.8) is 0 Å². The van der Waals surface area contributed by atoms with Gasteiger partial charge in [0, 0.05) is 29.2 Å². The van der Waals surface area contributed by atoms with Crippen LogP contribution in [0.5, 0.6) is 0 Å². The van der Waals surface area contributed by atoms with E-state index in [1.165, 1.54) is 0 Å². The van der Waals surface area contributed by atoms with Crippen molar-refractivity contribution >= 4 is 17.5 Å². The van der Waals surface area contributed by atoms with E-state index in [4.69, 9.17) is 22.1 Å². The predicted molar refractivity (Wildman–Crippen MR) is 68.5 cm³/mol. The van der Waals surface area contributed by atoms with Crippen molar-refractivity contribution in [2.75, 3.05) is 6.61 Å². The molecular formula is C13H15ClN2O2. The molecule has 1 saturated carbocycles. The van der Waals surface area contributed by atoms with Gasteiger partial charge in [-0.1, -0.05) is 11.6 Å². The quantitative estimate of drug-likeness (QED) is 0.845. The summed E-state index contributed by atoms with van der Waals surface area (Å²) in [5.74, 6) is 0.279. The standard InChI is InChI=1S/C13H15ClN2O2/c14-8-3-1-7(2-4-8)13(17)16-11-10(15)9-5-6-18-12(9)11/h1-4,9-12H,5-6,15H2,(H,16,17). The molecule has 3 N–H and O–H groups in total. The third-order valence-electron chi connectivity index (χ3n) is 3.85. The number of ether oxygens (including phenoxy) is 1. The molecule has 1 aromatic rings. The van der Waals surface area contributed by atoms with Gasteiger partial charge in [-0.05, 0) is 30.7 Å². The summed E-state index contributed by atoms with van der Waals surface area (Å²) in [6, 6.07) is 6.75. The zero-order chi connectivity index (χ0) is 12.7. The Bertz CT molecular complexity index is 463. The van der Waals surface area contributed by atoms with E-state index < -0.39 is 0 Å². The number of carbonyl (C=O) groups excluding carboxylic acids is 1. The van der Waals surface area contributed by atoms with E-state index in [1.807, 2.05) is 0 Å². The topological polar surface area (TPSA) is 64.3 Å². The number of carbonyl (C=O) groups is 1. The maximum absolute atomic E-state index is 12.0. The number of benzene rings is 1. The average Bonchev–Trinajstić information content (AvgIpc) is 2.81. The molecule has 1 aromatic carbocycles. The van der Waals surface area contributed by atoms with Gasteiger partial charge in [0.1, 0.15) is 0 Å². The van der Waals surface area contributed by atoms with Gasteiger partial charge in [0.25, 0.3) is 5.91 Å². The molecule has 1 aliphatic heterocycles. The van der Waals surface area contributed by atoms with Crippen molar-refractivity contribution in [2.45, 2.75) is 24.6 Å². The predicted octanol–water partition coefficient (Wildman–Crippen LogP) is 1.18. The van der Waals surface area contributed by atoms with Gasteiger partial charge in [0.15, 0.2) is 0 Å². The second-order valence-corrected chi connectivity index (χ2v) is 5.31. The summed E-state index contributed by atoms with van der Waals surface area (Å²) in [7, 11) is 0. The van der Waals surface area contributed by atoms with Crippen LogP contribution in [0, 0.1) is 5.92 Å². The third-order valence-corrected chi connectivity index (χ3v) is 4.10. The summed E-state index contributed by atoms with van der Waals surface area (Å²) < 4.78 is 5.57. The Balaban J connectivity index is 1.66. The number of fused-ring (bicyclic) bond motifs is 1. The Kier molecular flexibility index (Phi) is 3.01. The van der Waals surface area contributed by atoms with E-state index >= 15 is 0 Å². The molecule has 1 amide bonds. The minimum absolute atomic E-state index is 0.00810. The Hall–Kier alpha value is -1.10. The number of rotatable bonds is 2. The molecule has 0 aromatic heterocycles. The van der Waals surface area contributed by atoms with Gasteiger partial charge in [-0.25, -0.2) is 0 Å². The van der Waals surface area contributed by atoms with Crippen molar-refractivity contribution in [2.24, 2.45) is 11.7 Å². The second-order valence-electron chi connectivity index (χ2n) is 4.87. The van der Waals surface area contributed by atoms with Crippen LogP contribution in [-0.2, 0) is 4.74 Å². The van der Waals surface area contributed by atoms with Crippen LogP contribution >= 0.6 is 11.6 Å². The van der Waals surface area contributed by atoms with Crippen molar-refractivity contribution in [3.05, 3.63) is 34.9 Å². The van der Waals surface area contributed by atoms with Gasteiger partial charge in [-0.2, -0.15) is 0 Å². The highest BCUT2D eigenvalue weighted by Crippen LogP contribution is 2.37. The zero-order valence-electron chi connectivity index (χ0n) is 9.80. The summed E-state index contributed by atoms with van der Waals surface area (Å²) >= 11 is 5.78. The molecule has 1 heterocycles. The van der Waals surface area contributed by atoms with Crippen molar-refractivity contribution in [1.82, 2.24) is 5.32 Å². The lowest BCUT2D eigenvalue weighted by atomic mass is 9.72. The molecule has 4 atom stereocenters. The van der Waals surface area contributed by atoms with Crippen LogP contribution < -0.4 is 11.1 Å². The van der Waals surface area contributed by atoms with Crippen molar-refractivity contribution in [1.29, 1.82) is 0 Å². The fraction of sp³-hybridized carbons (Fsp3) is 0.462. The number of halogens is 1. The van der Waals surface area contributed by atoms with Gasteiger partial charge >= 0.3 is 0 Å². The summed E-state index contributed by atoms with van der Waals surface area (Å²) in [6.45, 7) is 0.746. The zero-order valence-corrected chi connectivity index (χ0v) is 10.6. The number of amides is 1. The lowest BCUT2D eigenvalue weighted by Gasteiger charge is -2.45. The first kappa shape index (κ1) is 12.0. The normalized spacial score (nSPS) is 33.7. The summed E-state index contributed by atoms with van der Waals surface area (Å²) in [5.41, 5.74) is 6.63. The summed E-state index contributed by atoms with van der Waals surface area (Å²) in [4.78, 5) is 12.0. The molecular weight excluding hydrogens is 252 g/mol. The minimum atomic E-state index is -0.124. The number of hydrogen-bond acceptors (Lipinski definition) is 3. The number of nitrogens with one attached hydrogen (secondary N) is 1. The van der Waals surface area contributed by atoms with Crippen LogP contribution in [0.2, 0.25) is 5.02 Å². The maximum atomic E-state index is 12.0. The van der Waals surface area contributed by atoms with E-state index in [2.05, 4.69) is 5.32 Å². The molecule has 18 heavy (non-hydrogen) atoms. The lowest BCUT2D eigenvalue weighted by Crippen LogP contribution is -2.68. The summed E-state index contributed by atoms with van der Waals surface area (Å²) in [5, 5.41) is 3.56. The maximum Gasteiger partial charge on any atom is 0.251 e. The van der Waals surface area contributed by atoms with Crippen LogP contribution in [-0.4, -0.2) is 30.7 Å². The smallest absolute Gasteiger partial charge is 0.251 e. The molecule has 2 aliphatic rings. The molecule has 3 rings (SSSR count). The van der Waals surface area contributed by atoms with Crippen molar-refractivity contribution < 1.29 is 9.53 Å². The van der Waals surface area contributed by atoms with Gasteiger partial charge in [0.05, 0.1) is 12.1 Å². The first-order valence-corrected chi connectivity index (χ1v) is 6.48. The fourth-order valence-electron chi connectivity index (χ4n) is 2.76.